The van der Waals surface area contributed by atoms with Crippen LogP contribution in [0.2, 0.25) is 0 Å². The van der Waals surface area contributed by atoms with Gasteiger partial charge < -0.3 is 14.8 Å². The number of nitrogens with one attached hydrogen (secondary N) is 1. The van der Waals surface area contributed by atoms with Gasteiger partial charge in [0.15, 0.2) is 0 Å². The predicted octanol–water partition coefficient (Wildman–Crippen LogP) is 2.76. The van der Waals surface area contributed by atoms with Crippen LogP contribution in [0.1, 0.15) is 11.3 Å². The topological polar surface area (TPSA) is 52.2 Å². The lowest BCUT2D eigenvalue weighted by Crippen LogP contribution is -2.49. The molecule has 1 saturated heterocycles. The molecule has 1 aliphatic heterocycles. The molecular formula is C20H22N4O. The SMILES string of the molecule is Cc1[nH]c2ccccc2c1CC(=O)N1CCN(c2ccncc2)CC1. The Morgan fingerprint density at radius 3 is 2.56 bits per heavy atom. The molecule has 1 fully saturated rings. The Bertz CT molecular complexity index is 879. The number of rotatable bonds is 3. The highest BCUT2D eigenvalue weighted by Crippen LogP contribution is 2.23. The third-order valence-electron chi connectivity index (χ3n) is 5.02. The van der Waals surface area contributed by atoms with Crippen LogP contribution in [0.25, 0.3) is 10.9 Å². The molecule has 0 saturated carbocycles. The lowest BCUT2D eigenvalue weighted by atomic mass is 10.1. The molecule has 4 rings (SSSR count). The number of anilines is 1. The maximum atomic E-state index is 12.8. The fourth-order valence-electron chi connectivity index (χ4n) is 3.59. The minimum Gasteiger partial charge on any atom is -0.368 e. The van der Waals surface area contributed by atoms with Crippen molar-refractivity contribution in [3.05, 3.63) is 60.0 Å². The van der Waals surface area contributed by atoms with Crippen molar-refractivity contribution in [2.45, 2.75) is 13.3 Å². The van der Waals surface area contributed by atoms with Crippen LogP contribution in [0, 0.1) is 6.92 Å². The number of carbonyl (C=O) groups is 1. The van der Waals surface area contributed by atoms with E-state index in [1.165, 1.54) is 5.69 Å². The van der Waals surface area contributed by atoms with Crippen molar-refractivity contribution < 1.29 is 4.79 Å². The first-order chi connectivity index (χ1) is 12.2. The molecular weight excluding hydrogens is 312 g/mol. The number of aromatic amines is 1. The van der Waals surface area contributed by atoms with Gasteiger partial charge in [0.25, 0.3) is 0 Å². The Morgan fingerprint density at radius 1 is 1.08 bits per heavy atom. The Labute approximate surface area is 147 Å². The van der Waals surface area contributed by atoms with E-state index in [9.17, 15) is 4.79 Å². The highest BCUT2D eigenvalue weighted by molar-refractivity contribution is 5.90. The third kappa shape index (κ3) is 3.09. The molecule has 0 radical (unpaired) electrons. The van der Waals surface area contributed by atoms with Crippen molar-refractivity contribution in [2.24, 2.45) is 0 Å². The summed E-state index contributed by atoms with van der Waals surface area (Å²) in [6.45, 7) is 5.31. The summed E-state index contributed by atoms with van der Waals surface area (Å²) in [4.78, 5) is 24.5. The van der Waals surface area contributed by atoms with Crippen LogP contribution in [-0.4, -0.2) is 47.0 Å². The molecule has 1 aromatic carbocycles. The van der Waals surface area contributed by atoms with E-state index in [4.69, 9.17) is 0 Å². The zero-order valence-corrected chi connectivity index (χ0v) is 14.4. The molecule has 0 spiro atoms. The second-order valence-electron chi connectivity index (χ2n) is 6.52. The Hall–Kier alpha value is -2.82. The number of H-pyrrole nitrogens is 1. The van der Waals surface area contributed by atoms with Gasteiger partial charge in [-0.3, -0.25) is 9.78 Å². The minimum atomic E-state index is 0.210. The third-order valence-corrected chi connectivity index (χ3v) is 5.02. The molecule has 0 atom stereocenters. The van der Waals surface area contributed by atoms with Crippen LogP contribution in [0.4, 0.5) is 5.69 Å². The molecule has 2 aromatic heterocycles. The van der Waals surface area contributed by atoms with Crippen molar-refractivity contribution in [3.8, 4) is 0 Å². The second kappa shape index (κ2) is 6.59. The number of carbonyl (C=O) groups excluding carboxylic acids is 1. The van der Waals surface area contributed by atoms with Crippen molar-refractivity contribution in [3.63, 3.8) is 0 Å². The van der Waals surface area contributed by atoms with Gasteiger partial charge in [0, 0.05) is 60.9 Å². The zero-order valence-electron chi connectivity index (χ0n) is 14.4. The normalized spacial score (nSPS) is 14.9. The van der Waals surface area contributed by atoms with E-state index >= 15 is 0 Å². The summed E-state index contributed by atoms with van der Waals surface area (Å²) in [6, 6.07) is 12.2. The first-order valence-electron chi connectivity index (χ1n) is 8.71. The van der Waals surface area contributed by atoms with Gasteiger partial charge in [0.2, 0.25) is 5.91 Å². The van der Waals surface area contributed by atoms with Crippen molar-refractivity contribution in [1.82, 2.24) is 14.9 Å². The van der Waals surface area contributed by atoms with Crippen molar-refractivity contribution >= 4 is 22.5 Å². The highest BCUT2D eigenvalue weighted by atomic mass is 16.2. The van der Waals surface area contributed by atoms with Gasteiger partial charge in [-0.05, 0) is 30.7 Å². The van der Waals surface area contributed by atoms with Crippen LogP contribution in [0.15, 0.2) is 48.8 Å². The van der Waals surface area contributed by atoms with Gasteiger partial charge in [-0.1, -0.05) is 18.2 Å². The first kappa shape index (κ1) is 15.7. The second-order valence-corrected chi connectivity index (χ2v) is 6.52. The molecule has 1 N–H and O–H groups in total. The Balaban J connectivity index is 1.43. The summed E-state index contributed by atoms with van der Waals surface area (Å²) in [5.41, 5.74) is 4.49. The first-order valence-corrected chi connectivity index (χ1v) is 8.71. The van der Waals surface area contributed by atoms with Crippen molar-refractivity contribution in [1.29, 1.82) is 0 Å². The standard InChI is InChI=1S/C20H22N4O/c1-15-18(17-4-2-3-5-19(17)22-15)14-20(25)24-12-10-23(11-13-24)16-6-8-21-9-7-16/h2-9,22H,10-14H2,1H3. The summed E-state index contributed by atoms with van der Waals surface area (Å²) < 4.78 is 0. The summed E-state index contributed by atoms with van der Waals surface area (Å²) in [5, 5.41) is 1.16. The Morgan fingerprint density at radius 2 is 1.80 bits per heavy atom. The number of fused-ring (bicyclic) bond motifs is 1. The molecule has 1 amide bonds. The van der Waals surface area contributed by atoms with Crippen LogP contribution < -0.4 is 4.90 Å². The van der Waals surface area contributed by atoms with E-state index in [2.05, 4.69) is 27.0 Å². The van der Waals surface area contributed by atoms with E-state index in [1.54, 1.807) is 0 Å². The maximum Gasteiger partial charge on any atom is 0.227 e. The predicted molar refractivity (Wildman–Crippen MR) is 99.8 cm³/mol. The average molecular weight is 334 g/mol. The van der Waals surface area contributed by atoms with Gasteiger partial charge in [-0.2, -0.15) is 0 Å². The molecule has 3 heterocycles. The fourth-order valence-corrected chi connectivity index (χ4v) is 3.59. The molecule has 5 heteroatoms. The van der Waals surface area contributed by atoms with Crippen LogP contribution in [0.5, 0.6) is 0 Å². The van der Waals surface area contributed by atoms with Gasteiger partial charge in [0.05, 0.1) is 6.42 Å². The van der Waals surface area contributed by atoms with E-state index in [1.807, 2.05) is 48.5 Å². The molecule has 3 aromatic rings. The lowest BCUT2D eigenvalue weighted by molar-refractivity contribution is -0.130. The number of nitrogens with zero attached hydrogens (tertiary/aromatic N) is 3. The number of aryl methyl sites for hydroxylation is 1. The number of piperazine rings is 1. The van der Waals surface area contributed by atoms with Crippen molar-refractivity contribution in [2.75, 3.05) is 31.1 Å². The number of para-hydroxylation sites is 1. The molecule has 0 bridgehead atoms. The Kier molecular flexibility index (Phi) is 4.14. The summed E-state index contributed by atoms with van der Waals surface area (Å²) in [6.07, 6.45) is 4.09. The highest BCUT2D eigenvalue weighted by Gasteiger charge is 2.22. The van der Waals surface area contributed by atoms with Crippen LogP contribution >= 0.6 is 0 Å². The van der Waals surface area contributed by atoms with Crippen LogP contribution in [-0.2, 0) is 11.2 Å². The number of pyridine rings is 1. The molecule has 0 unspecified atom stereocenters. The van der Waals surface area contributed by atoms with Gasteiger partial charge in [-0.15, -0.1) is 0 Å². The van der Waals surface area contributed by atoms with Gasteiger partial charge in [0.1, 0.15) is 0 Å². The molecule has 25 heavy (non-hydrogen) atoms. The van der Waals surface area contributed by atoms with Gasteiger partial charge >= 0.3 is 0 Å². The molecule has 1 aliphatic rings. The summed E-state index contributed by atoms with van der Waals surface area (Å²) >= 11 is 0. The summed E-state index contributed by atoms with van der Waals surface area (Å²) in [7, 11) is 0. The number of hydrogen-bond donors (Lipinski definition) is 1. The fraction of sp³-hybridized carbons (Fsp3) is 0.300. The minimum absolute atomic E-state index is 0.210. The van der Waals surface area contributed by atoms with Gasteiger partial charge in [-0.25, -0.2) is 0 Å². The quantitative estimate of drug-likeness (QED) is 0.801. The van der Waals surface area contributed by atoms with Crippen LogP contribution in [0.3, 0.4) is 0 Å². The number of amides is 1. The largest absolute Gasteiger partial charge is 0.368 e. The van der Waals surface area contributed by atoms with E-state index in [-0.39, 0.29) is 5.91 Å². The maximum absolute atomic E-state index is 12.8. The number of hydrogen-bond acceptors (Lipinski definition) is 3. The summed E-state index contributed by atoms with van der Waals surface area (Å²) in [5.74, 6) is 0.210. The number of benzene rings is 1. The van der Waals surface area contributed by atoms with E-state index in [0.29, 0.717) is 6.42 Å². The lowest BCUT2D eigenvalue weighted by Gasteiger charge is -2.36. The zero-order chi connectivity index (χ0) is 17.2. The monoisotopic (exact) mass is 334 g/mol. The molecule has 128 valence electrons. The smallest absolute Gasteiger partial charge is 0.227 e. The van der Waals surface area contributed by atoms with E-state index in [0.717, 1.165) is 48.3 Å². The molecule has 0 aliphatic carbocycles. The number of aromatic nitrogens is 2. The van der Waals surface area contributed by atoms with E-state index < -0.39 is 0 Å². The molecule has 5 nitrogen and oxygen atoms in total. The average Bonchev–Trinajstić information content (AvgIpc) is 2.98.